The summed E-state index contributed by atoms with van der Waals surface area (Å²) in [5.41, 5.74) is 8.83. The molecule has 0 aromatic heterocycles. The van der Waals surface area contributed by atoms with Crippen LogP contribution in [0.2, 0.25) is 0 Å². The summed E-state index contributed by atoms with van der Waals surface area (Å²) in [5.74, 6) is 0.862. The summed E-state index contributed by atoms with van der Waals surface area (Å²) in [6, 6.07) is 6.12. The number of hydrogen-bond donors (Lipinski definition) is 1. The van der Waals surface area contributed by atoms with Crippen LogP contribution >= 0.6 is 15.9 Å². The van der Waals surface area contributed by atoms with E-state index in [1.165, 1.54) is 5.56 Å². The van der Waals surface area contributed by atoms with Gasteiger partial charge in [0, 0.05) is 5.41 Å². The predicted octanol–water partition coefficient (Wildman–Crippen LogP) is 2.78. The summed E-state index contributed by atoms with van der Waals surface area (Å²) in [6.45, 7) is 4.35. The summed E-state index contributed by atoms with van der Waals surface area (Å²) >= 11 is 3.65. The van der Waals surface area contributed by atoms with E-state index in [1.807, 2.05) is 12.1 Å². The monoisotopic (exact) mass is 269 g/mol. The van der Waals surface area contributed by atoms with Crippen LogP contribution in [0.25, 0.3) is 0 Å². The molecule has 0 bridgehead atoms. The topological polar surface area (TPSA) is 35.2 Å². The first-order valence-corrected chi connectivity index (χ1v) is 5.83. The number of hydrogen-bond acceptors (Lipinski definition) is 2. The number of alkyl halides is 1. The number of methoxy groups -OCH3 is 1. The molecule has 0 radical (unpaired) electrons. The lowest BCUT2D eigenvalue weighted by atomic mass is 9.86. The SMILES string of the molecule is COc1ccc2c(c1)C(N)(Br)C(C)(C)C2. The zero-order chi connectivity index (χ0) is 11.3. The van der Waals surface area contributed by atoms with Crippen LogP contribution in [0.5, 0.6) is 5.75 Å². The zero-order valence-electron chi connectivity index (χ0n) is 9.30. The van der Waals surface area contributed by atoms with E-state index >= 15 is 0 Å². The highest BCUT2D eigenvalue weighted by atomic mass is 79.9. The van der Waals surface area contributed by atoms with Crippen LogP contribution in [0.1, 0.15) is 25.0 Å². The van der Waals surface area contributed by atoms with Crippen molar-refractivity contribution in [1.82, 2.24) is 0 Å². The van der Waals surface area contributed by atoms with Crippen LogP contribution in [0.4, 0.5) is 0 Å². The Hall–Kier alpha value is -0.540. The Morgan fingerprint density at radius 2 is 2.07 bits per heavy atom. The van der Waals surface area contributed by atoms with Gasteiger partial charge in [-0.05, 0) is 29.7 Å². The van der Waals surface area contributed by atoms with E-state index in [2.05, 4.69) is 35.8 Å². The van der Waals surface area contributed by atoms with Crippen LogP contribution in [0, 0.1) is 5.41 Å². The van der Waals surface area contributed by atoms with Crippen molar-refractivity contribution in [3.8, 4) is 5.75 Å². The van der Waals surface area contributed by atoms with Gasteiger partial charge in [0.2, 0.25) is 0 Å². The first kappa shape index (κ1) is 11.0. The second-order valence-corrected chi connectivity index (χ2v) is 6.05. The molecule has 1 aromatic carbocycles. The van der Waals surface area contributed by atoms with E-state index in [0.29, 0.717) is 0 Å². The molecule has 0 heterocycles. The molecular weight excluding hydrogens is 254 g/mol. The summed E-state index contributed by atoms with van der Waals surface area (Å²) in [5, 5.41) is 0. The first-order chi connectivity index (χ1) is 6.88. The van der Waals surface area contributed by atoms with Crippen molar-refractivity contribution >= 4 is 15.9 Å². The molecule has 1 aromatic rings. The van der Waals surface area contributed by atoms with Crippen LogP contribution in [-0.4, -0.2) is 7.11 Å². The van der Waals surface area contributed by atoms with Gasteiger partial charge in [-0.2, -0.15) is 0 Å². The normalized spacial score (nSPS) is 27.5. The van der Waals surface area contributed by atoms with Crippen LogP contribution < -0.4 is 10.5 Å². The molecule has 0 fully saturated rings. The van der Waals surface area contributed by atoms with Gasteiger partial charge in [0.15, 0.2) is 0 Å². The highest BCUT2D eigenvalue weighted by Crippen LogP contribution is 2.52. The number of fused-ring (bicyclic) bond motifs is 1. The Balaban J connectivity index is 2.56. The molecule has 2 N–H and O–H groups in total. The van der Waals surface area contributed by atoms with Crippen LogP contribution in [0.15, 0.2) is 18.2 Å². The number of rotatable bonds is 1. The van der Waals surface area contributed by atoms with Gasteiger partial charge in [-0.15, -0.1) is 0 Å². The molecular formula is C12H16BrNO. The number of nitrogens with two attached hydrogens (primary N) is 1. The van der Waals surface area contributed by atoms with Crippen molar-refractivity contribution in [3.05, 3.63) is 29.3 Å². The highest BCUT2D eigenvalue weighted by molar-refractivity contribution is 9.09. The van der Waals surface area contributed by atoms with E-state index in [1.54, 1.807) is 7.11 Å². The van der Waals surface area contributed by atoms with Gasteiger partial charge in [-0.25, -0.2) is 0 Å². The third-order valence-corrected chi connectivity index (χ3v) is 4.83. The molecule has 1 atom stereocenters. The Morgan fingerprint density at radius 1 is 1.40 bits per heavy atom. The standard InChI is InChI=1S/C12H16BrNO/c1-11(2)7-8-4-5-9(15-3)6-10(8)12(11,13)14/h4-6H,7,14H2,1-3H3. The average molecular weight is 270 g/mol. The van der Waals surface area contributed by atoms with E-state index < -0.39 is 4.45 Å². The fourth-order valence-corrected chi connectivity index (χ4v) is 2.65. The maximum atomic E-state index is 6.35. The summed E-state index contributed by atoms with van der Waals surface area (Å²) in [4.78, 5) is 0. The maximum absolute atomic E-state index is 6.35. The molecule has 0 saturated heterocycles. The van der Waals surface area contributed by atoms with Gasteiger partial charge >= 0.3 is 0 Å². The Labute approximate surface area is 98.9 Å². The number of ether oxygens (including phenoxy) is 1. The lowest BCUT2D eigenvalue weighted by molar-refractivity contribution is 0.293. The molecule has 1 unspecified atom stereocenters. The van der Waals surface area contributed by atoms with Gasteiger partial charge in [0.1, 0.15) is 10.2 Å². The van der Waals surface area contributed by atoms with Gasteiger partial charge < -0.3 is 10.5 Å². The van der Waals surface area contributed by atoms with E-state index in [9.17, 15) is 0 Å². The van der Waals surface area contributed by atoms with Gasteiger partial charge in [-0.3, -0.25) is 0 Å². The molecule has 1 aliphatic rings. The molecule has 1 aliphatic carbocycles. The Bertz CT molecular complexity index is 399. The van der Waals surface area contributed by atoms with E-state index in [-0.39, 0.29) is 5.41 Å². The average Bonchev–Trinajstić information content (AvgIpc) is 2.34. The number of halogens is 1. The zero-order valence-corrected chi connectivity index (χ0v) is 10.9. The molecule has 0 amide bonds. The Morgan fingerprint density at radius 3 is 2.67 bits per heavy atom. The fraction of sp³-hybridized carbons (Fsp3) is 0.500. The summed E-state index contributed by atoms with van der Waals surface area (Å²) < 4.78 is 4.77. The van der Waals surface area contributed by atoms with Gasteiger partial charge in [0.25, 0.3) is 0 Å². The summed E-state index contributed by atoms with van der Waals surface area (Å²) in [7, 11) is 1.67. The second kappa shape index (κ2) is 3.22. The molecule has 15 heavy (non-hydrogen) atoms. The van der Waals surface area contributed by atoms with Crippen molar-refractivity contribution in [3.63, 3.8) is 0 Å². The van der Waals surface area contributed by atoms with Gasteiger partial charge in [0.05, 0.1) is 7.11 Å². The molecule has 0 saturated carbocycles. The van der Waals surface area contributed by atoms with Crippen molar-refractivity contribution in [2.24, 2.45) is 11.1 Å². The number of benzene rings is 1. The van der Waals surface area contributed by atoms with E-state index in [0.717, 1.165) is 17.7 Å². The van der Waals surface area contributed by atoms with Crippen molar-refractivity contribution in [2.75, 3.05) is 7.11 Å². The largest absolute Gasteiger partial charge is 0.497 e. The molecule has 0 spiro atoms. The molecule has 0 aliphatic heterocycles. The molecule has 2 rings (SSSR count). The minimum absolute atomic E-state index is 0.0295. The van der Waals surface area contributed by atoms with Crippen molar-refractivity contribution in [1.29, 1.82) is 0 Å². The molecule has 82 valence electrons. The van der Waals surface area contributed by atoms with Crippen molar-refractivity contribution < 1.29 is 4.74 Å². The minimum atomic E-state index is -0.454. The molecule has 2 nitrogen and oxygen atoms in total. The smallest absolute Gasteiger partial charge is 0.119 e. The van der Waals surface area contributed by atoms with Crippen LogP contribution in [0.3, 0.4) is 0 Å². The first-order valence-electron chi connectivity index (χ1n) is 5.04. The summed E-state index contributed by atoms with van der Waals surface area (Å²) in [6.07, 6.45) is 0.994. The Kier molecular flexibility index (Phi) is 2.36. The fourth-order valence-electron chi connectivity index (χ4n) is 2.14. The molecule has 3 heteroatoms. The second-order valence-electron chi connectivity index (χ2n) is 4.80. The predicted molar refractivity (Wildman–Crippen MR) is 65.3 cm³/mol. The highest BCUT2D eigenvalue weighted by Gasteiger charge is 2.48. The minimum Gasteiger partial charge on any atom is -0.497 e. The lowest BCUT2D eigenvalue weighted by Gasteiger charge is -2.33. The third kappa shape index (κ3) is 1.49. The quantitative estimate of drug-likeness (QED) is 0.629. The lowest BCUT2D eigenvalue weighted by Crippen LogP contribution is -2.40. The van der Waals surface area contributed by atoms with E-state index in [4.69, 9.17) is 10.5 Å². The van der Waals surface area contributed by atoms with Gasteiger partial charge in [-0.1, -0.05) is 35.8 Å². The maximum Gasteiger partial charge on any atom is 0.119 e. The van der Waals surface area contributed by atoms with Crippen molar-refractivity contribution in [2.45, 2.75) is 24.7 Å². The van der Waals surface area contributed by atoms with Crippen LogP contribution in [-0.2, 0) is 10.9 Å². The third-order valence-electron chi connectivity index (χ3n) is 3.33.